The molecule has 1 aromatic heterocycles. The fraction of sp³-hybridized carbons (Fsp3) is 0.167. The van der Waals surface area contributed by atoms with Crippen LogP contribution >= 0.6 is 0 Å². The monoisotopic (exact) mass is 230 g/mol. The van der Waals surface area contributed by atoms with Crippen LogP contribution in [0.3, 0.4) is 0 Å². The van der Waals surface area contributed by atoms with E-state index < -0.39 is 0 Å². The number of rotatable bonds is 4. The largest absolute Gasteiger partial charge is 0.384 e. The van der Waals surface area contributed by atoms with Crippen LogP contribution in [-0.2, 0) is 11.3 Å². The number of nitrogens with two attached hydrogens (primary N) is 1. The highest BCUT2D eigenvalue weighted by Crippen LogP contribution is 2.15. The molecule has 5 heteroatoms. The van der Waals surface area contributed by atoms with E-state index in [0.717, 1.165) is 11.3 Å². The van der Waals surface area contributed by atoms with Crippen LogP contribution in [-0.4, -0.2) is 17.1 Å². The molecule has 1 aromatic carbocycles. The zero-order valence-electron chi connectivity index (χ0n) is 9.55. The molecule has 0 atom stereocenters. The van der Waals surface area contributed by atoms with Crippen LogP contribution in [0.5, 0.6) is 0 Å². The molecule has 0 unspecified atom stereocenters. The highest BCUT2D eigenvalue weighted by atomic mass is 16.5. The molecule has 0 saturated carbocycles. The fourth-order valence-corrected chi connectivity index (χ4v) is 1.47. The van der Waals surface area contributed by atoms with Gasteiger partial charge in [-0.05, 0) is 23.8 Å². The van der Waals surface area contributed by atoms with E-state index in [1.807, 2.05) is 24.3 Å². The maximum absolute atomic E-state index is 5.58. The average Bonchev–Trinajstić information content (AvgIpc) is 2.30. The Morgan fingerprint density at radius 1 is 1.35 bits per heavy atom. The van der Waals surface area contributed by atoms with Gasteiger partial charge in [-0.1, -0.05) is 12.1 Å². The predicted octanol–water partition coefficient (Wildman–Crippen LogP) is 1.95. The van der Waals surface area contributed by atoms with Crippen molar-refractivity contribution >= 4 is 17.5 Å². The summed E-state index contributed by atoms with van der Waals surface area (Å²) >= 11 is 0. The van der Waals surface area contributed by atoms with Crippen molar-refractivity contribution in [3.8, 4) is 0 Å². The van der Waals surface area contributed by atoms with Gasteiger partial charge < -0.3 is 15.8 Å². The highest BCUT2D eigenvalue weighted by molar-refractivity contribution is 5.55. The molecular formula is C12H14N4O. The van der Waals surface area contributed by atoms with E-state index in [9.17, 15) is 0 Å². The Hall–Kier alpha value is -2.14. The SMILES string of the molecule is COCc1cccc(Nc2nccc(N)n2)c1. The molecule has 0 radical (unpaired) electrons. The van der Waals surface area contributed by atoms with E-state index in [2.05, 4.69) is 15.3 Å². The second-order valence-corrected chi connectivity index (χ2v) is 3.56. The molecule has 88 valence electrons. The minimum atomic E-state index is 0.440. The van der Waals surface area contributed by atoms with Gasteiger partial charge in [-0.25, -0.2) is 4.98 Å². The Kier molecular flexibility index (Phi) is 3.52. The summed E-state index contributed by atoms with van der Waals surface area (Å²) < 4.78 is 5.07. The van der Waals surface area contributed by atoms with Crippen molar-refractivity contribution in [3.63, 3.8) is 0 Å². The summed E-state index contributed by atoms with van der Waals surface area (Å²) in [4.78, 5) is 8.15. The number of nitrogens with one attached hydrogen (secondary N) is 1. The first-order valence-electron chi connectivity index (χ1n) is 5.21. The van der Waals surface area contributed by atoms with Gasteiger partial charge >= 0.3 is 0 Å². The van der Waals surface area contributed by atoms with Crippen LogP contribution in [0.2, 0.25) is 0 Å². The highest BCUT2D eigenvalue weighted by Gasteiger charge is 1.99. The predicted molar refractivity (Wildman–Crippen MR) is 66.9 cm³/mol. The summed E-state index contributed by atoms with van der Waals surface area (Å²) in [5.41, 5.74) is 7.57. The summed E-state index contributed by atoms with van der Waals surface area (Å²) in [6.45, 7) is 0.577. The first-order chi connectivity index (χ1) is 8.28. The normalized spacial score (nSPS) is 10.2. The fourth-order valence-electron chi connectivity index (χ4n) is 1.47. The van der Waals surface area contributed by atoms with Crippen molar-refractivity contribution in [3.05, 3.63) is 42.1 Å². The summed E-state index contributed by atoms with van der Waals surface area (Å²) in [5.74, 6) is 0.926. The standard InChI is InChI=1S/C12H14N4O/c1-17-8-9-3-2-4-10(7-9)15-12-14-6-5-11(13)16-12/h2-7H,8H2,1H3,(H3,13,14,15,16). The second kappa shape index (κ2) is 5.27. The van der Waals surface area contributed by atoms with Gasteiger partial charge in [-0.3, -0.25) is 0 Å². The molecule has 0 amide bonds. The summed E-state index contributed by atoms with van der Waals surface area (Å²) in [6.07, 6.45) is 1.61. The van der Waals surface area contributed by atoms with Crippen LogP contribution in [0.25, 0.3) is 0 Å². The number of ether oxygens (including phenoxy) is 1. The molecule has 3 N–H and O–H groups in total. The van der Waals surface area contributed by atoms with Crippen LogP contribution < -0.4 is 11.1 Å². The van der Waals surface area contributed by atoms with Gasteiger partial charge in [0.2, 0.25) is 5.95 Å². The van der Waals surface area contributed by atoms with Crippen LogP contribution in [0.4, 0.5) is 17.5 Å². The third kappa shape index (κ3) is 3.15. The molecule has 0 fully saturated rings. The molecule has 5 nitrogen and oxygen atoms in total. The van der Waals surface area contributed by atoms with Crippen LogP contribution in [0.1, 0.15) is 5.56 Å². The van der Waals surface area contributed by atoms with Gasteiger partial charge in [0.25, 0.3) is 0 Å². The molecule has 0 aliphatic rings. The number of nitrogen functional groups attached to an aromatic ring is 1. The zero-order valence-corrected chi connectivity index (χ0v) is 9.55. The smallest absolute Gasteiger partial charge is 0.229 e. The number of aromatic nitrogens is 2. The molecule has 17 heavy (non-hydrogen) atoms. The van der Waals surface area contributed by atoms with Crippen molar-refractivity contribution in [2.45, 2.75) is 6.61 Å². The van der Waals surface area contributed by atoms with Gasteiger partial charge in [0.05, 0.1) is 6.61 Å². The van der Waals surface area contributed by atoms with Crippen molar-refractivity contribution in [2.24, 2.45) is 0 Å². The van der Waals surface area contributed by atoms with Gasteiger partial charge in [-0.2, -0.15) is 4.98 Å². The van der Waals surface area contributed by atoms with Crippen LogP contribution in [0, 0.1) is 0 Å². The third-order valence-electron chi connectivity index (χ3n) is 2.17. The van der Waals surface area contributed by atoms with Crippen molar-refractivity contribution < 1.29 is 4.74 Å². The van der Waals surface area contributed by atoms with Crippen LogP contribution in [0.15, 0.2) is 36.5 Å². The lowest BCUT2D eigenvalue weighted by molar-refractivity contribution is 0.185. The topological polar surface area (TPSA) is 73.1 Å². The maximum atomic E-state index is 5.58. The average molecular weight is 230 g/mol. The summed E-state index contributed by atoms with van der Waals surface area (Å²) in [5, 5.41) is 3.09. The van der Waals surface area contributed by atoms with Gasteiger partial charge in [-0.15, -0.1) is 0 Å². The molecule has 0 bridgehead atoms. The Morgan fingerprint density at radius 3 is 3.00 bits per heavy atom. The molecule has 2 rings (SSSR count). The Labute approximate surface area is 99.7 Å². The lowest BCUT2D eigenvalue weighted by Crippen LogP contribution is -2.00. The Balaban J connectivity index is 2.15. The molecule has 0 saturated heterocycles. The van der Waals surface area contributed by atoms with Crippen molar-refractivity contribution in [2.75, 3.05) is 18.2 Å². The van der Waals surface area contributed by atoms with Gasteiger partial charge in [0.15, 0.2) is 0 Å². The van der Waals surface area contributed by atoms with Crippen molar-refractivity contribution in [1.29, 1.82) is 0 Å². The molecule has 1 heterocycles. The van der Waals surface area contributed by atoms with E-state index >= 15 is 0 Å². The number of methoxy groups -OCH3 is 1. The molecule has 0 aliphatic heterocycles. The first-order valence-corrected chi connectivity index (χ1v) is 5.21. The molecule has 0 aliphatic carbocycles. The lowest BCUT2D eigenvalue weighted by Gasteiger charge is -2.06. The minimum Gasteiger partial charge on any atom is -0.384 e. The van der Waals surface area contributed by atoms with E-state index in [1.165, 1.54) is 0 Å². The number of anilines is 3. The molecule has 2 aromatic rings. The quantitative estimate of drug-likeness (QED) is 0.839. The summed E-state index contributed by atoms with van der Waals surface area (Å²) in [7, 11) is 1.67. The number of hydrogen-bond acceptors (Lipinski definition) is 5. The molecule has 0 spiro atoms. The second-order valence-electron chi connectivity index (χ2n) is 3.56. The lowest BCUT2D eigenvalue weighted by atomic mass is 10.2. The van der Waals surface area contributed by atoms with Crippen molar-refractivity contribution in [1.82, 2.24) is 9.97 Å². The van der Waals surface area contributed by atoms with E-state index in [4.69, 9.17) is 10.5 Å². The number of hydrogen-bond donors (Lipinski definition) is 2. The van der Waals surface area contributed by atoms with Gasteiger partial charge in [0.1, 0.15) is 5.82 Å². The number of nitrogens with zero attached hydrogens (tertiary/aromatic N) is 2. The Morgan fingerprint density at radius 2 is 2.24 bits per heavy atom. The maximum Gasteiger partial charge on any atom is 0.229 e. The molecular weight excluding hydrogens is 216 g/mol. The number of benzene rings is 1. The van der Waals surface area contributed by atoms with Gasteiger partial charge in [0, 0.05) is 19.0 Å². The van der Waals surface area contributed by atoms with E-state index in [-0.39, 0.29) is 0 Å². The van der Waals surface area contributed by atoms with E-state index in [1.54, 1.807) is 19.4 Å². The summed E-state index contributed by atoms with van der Waals surface area (Å²) in [6, 6.07) is 9.51. The minimum absolute atomic E-state index is 0.440. The Bertz CT molecular complexity index is 501. The third-order valence-corrected chi connectivity index (χ3v) is 2.17. The zero-order chi connectivity index (χ0) is 12.1. The van der Waals surface area contributed by atoms with E-state index in [0.29, 0.717) is 18.4 Å². The first kappa shape index (κ1) is 11.3.